The zero-order valence-corrected chi connectivity index (χ0v) is 10.2. The monoisotopic (exact) mass is 219 g/mol. The zero-order valence-electron chi connectivity index (χ0n) is 9.30. The molecule has 4 heteroatoms. The van der Waals surface area contributed by atoms with E-state index < -0.39 is 0 Å². The molecule has 0 spiro atoms. The van der Waals surface area contributed by atoms with Gasteiger partial charge in [0.05, 0.1) is 0 Å². The second kappa shape index (κ2) is 7.12. The van der Waals surface area contributed by atoms with Crippen molar-refractivity contribution >= 4 is 18.5 Å². The maximum absolute atomic E-state index is 11.2. The first-order valence-corrected chi connectivity index (χ1v) is 5.51. The summed E-state index contributed by atoms with van der Waals surface area (Å²) in [5, 5.41) is 2.89. The molecule has 1 N–H and O–H groups in total. The number of ether oxygens (including phenoxy) is 1. The van der Waals surface area contributed by atoms with Crippen molar-refractivity contribution in [1.29, 1.82) is 0 Å². The van der Waals surface area contributed by atoms with E-state index in [0.29, 0.717) is 18.7 Å². The molecule has 14 heavy (non-hydrogen) atoms. The summed E-state index contributed by atoms with van der Waals surface area (Å²) in [5.41, 5.74) is 0.0995. The van der Waals surface area contributed by atoms with E-state index >= 15 is 0 Å². The fraction of sp³-hybridized carbons (Fsp3) is 0.900. The Hall–Kier alpha value is -0.220. The molecule has 0 atom stereocenters. The van der Waals surface area contributed by atoms with Crippen molar-refractivity contribution in [3.8, 4) is 0 Å². The molecule has 0 aliphatic carbocycles. The van der Waals surface area contributed by atoms with Crippen molar-refractivity contribution in [2.75, 3.05) is 26.0 Å². The molecule has 0 aromatic rings. The van der Waals surface area contributed by atoms with Gasteiger partial charge in [-0.3, -0.25) is 4.79 Å². The Labute approximate surface area is 92.0 Å². The van der Waals surface area contributed by atoms with E-state index in [1.807, 2.05) is 0 Å². The summed E-state index contributed by atoms with van der Waals surface area (Å²) in [5.74, 6) is 0.676. The lowest BCUT2D eigenvalue weighted by Gasteiger charge is -2.24. The van der Waals surface area contributed by atoms with E-state index in [9.17, 15) is 4.79 Å². The van der Waals surface area contributed by atoms with Gasteiger partial charge >= 0.3 is 0 Å². The van der Waals surface area contributed by atoms with Gasteiger partial charge in [-0.2, -0.15) is 12.6 Å². The van der Waals surface area contributed by atoms with Crippen molar-refractivity contribution in [1.82, 2.24) is 5.32 Å². The number of carbonyl (C=O) groups is 1. The third-order valence-corrected chi connectivity index (χ3v) is 2.31. The molecule has 0 saturated carbocycles. The van der Waals surface area contributed by atoms with Crippen LogP contribution in [0, 0.1) is 5.41 Å². The second-order valence-electron chi connectivity index (χ2n) is 4.16. The molecule has 0 bridgehead atoms. The minimum atomic E-state index is 0.0745. The predicted molar refractivity (Wildman–Crippen MR) is 61.8 cm³/mol. The first-order valence-electron chi connectivity index (χ1n) is 4.88. The first kappa shape index (κ1) is 13.8. The van der Waals surface area contributed by atoms with Crippen molar-refractivity contribution in [3.63, 3.8) is 0 Å². The van der Waals surface area contributed by atoms with Crippen molar-refractivity contribution < 1.29 is 9.53 Å². The molecular formula is C10H21NO2S. The Kier molecular flexibility index (Phi) is 7.01. The maximum Gasteiger partial charge on any atom is 0.220 e. The highest BCUT2D eigenvalue weighted by Gasteiger charge is 2.18. The summed E-state index contributed by atoms with van der Waals surface area (Å²) in [7, 11) is 1.69. The molecule has 0 aliphatic heterocycles. The lowest BCUT2D eigenvalue weighted by molar-refractivity contribution is -0.121. The zero-order chi connectivity index (χ0) is 11.0. The van der Waals surface area contributed by atoms with Gasteiger partial charge in [0.15, 0.2) is 0 Å². The van der Waals surface area contributed by atoms with Gasteiger partial charge in [0, 0.05) is 26.7 Å². The molecule has 1 amide bonds. The van der Waals surface area contributed by atoms with E-state index in [4.69, 9.17) is 4.74 Å². The fourth-order valence-corrected chi connectivity index (χ4v) is 1.20. The standard InChI is InChI=1S/C10H21NO2S/c1-10(2,5-6-13-3)8-11-9(12)4-7-14/h14H,4-8H2,1-3H3,(H,11,12). The summed E-state index contributed by atoms with van der Waals surface area (Å²) >= 11 is 4.00. The van der Waals surface area contributed by atoms with Crippen LogP contribution in [0.3, 0.4) is 0 Å². The topological polar surface area (TPSA) is 38.3 Å². The molecule has 0 fully saturated rings. The first-order chi connectivity index (χ1) is 6.52. The normalized spacial score (nSPS) is 11.4. The van der Waals surface area contributed by atoms with Crippen LogP contribution in [-0.2, 0) is 9.53 Å². The molecule has 0 radical (unpaired) electrons. The van der Waals surface area contributed by atoms with Gasteiger partial charge in [-0.15, -0.1) is 0 Å². The Morgan fingerprint density at radius 3 is 2.64 bits per heavy atom. The lowest BCUT2D eigenvalue weighted by Crippen LogP contribution is -2.34. The van der Waals surface area contributed by atoms with Crippen LogP contribution in [0.5, 0.6) is 0 Å². The van der Waals surface area contributed by atoms with Crippen molar-refractivity contribution in [2.45, 2.75) is 26.7 Å². The van der Waals surface area contributed by atoms with Crippen LogP contribution in [-0.4, -0.2) is 31.9 Å². The quantitative estimate of drug-likeness (QED) is 0.637. The number of hydrogen-bond acceptors (Lipinski definition) is 3. The number of hydrogen-bond donors (Lipinski definition) is 2. The van der Waals surface area contributed by atoms with Crippen LogP contribution in [0.15, 0.2) is 0 Å². The smallest absolute Gasteiger partial charge is 0.220 e. The molecule has 0 aromatic heterocycles. The summed E-state index contributed by atoms with van der Waals surface area (Å²) < 4.78 is 5.01. The molecule has 0 saturated heterocycles. The molecule has 3 nitrogen and oxygen atoms in total. The third kappa shape index (κ3) is 7.21. The van der Waals surface area contributed by atoms with Crippen LogP contribution in [0.25, 0.3) is 0 Å². The van der Waals surface area contributed by atoms with Gasteiger partial charge in [-0.05, 0) is 17.6 Å². The predicted octanol–water partition coefficient (Wildman–Crippen LogP) is 1.49. The summed E-state index contributed by atoms with van der Waals surface area (Å²) in [6.45, 7) is 5.67. The highest BCUT2D eigenvalue weighted by Crippen LogP contribution is 2.18. The van der Waals surface area contributed by atoms with Crippen LogP contribution < -0.4 is 5.32 Å². The van der Waals surface area contributed by atoms with Gasteiger partial charge in [0.2, 0.25) is 5.91 Å². The molecular weight excluding hydrogens is 198 g/mol. The van der Waals surface area contributed by atoms with Crippen LogP contribution in [0.1, 0.15) is 26.7 Å². The third-order valence-electron chi connectivity index (χ3n) is 2.09. The summed E-state index contributed by atoms with van der Waals surface area (Å²) in [6.07, 6.45) is 1.44. The average Bonchev–Trinajstić information content (AvgIpc) is 2.13. The fourth-order valence-electron chi connectivity index (χ4n) is 0.995. The van der Waals surface area contributed by atoms with Crippen LogP contribution >= 0.6 is 12.6 Å². The van der Waals surface area contributed by atoms with Gasteiger partial charge in [0.1, 0.15) is 0 Å². The Balaban J connectivity index is 3.68. The van der Waals surface area contributed by atoms with E-state index in [0.717, 1.165) is 13.0 Å². The van der Waals surface area contributed by atoms with Crippen molar-refractivity contribution in [2.24, 2.45) is 5.41 Å². The molecule has 0 unspecified atom stereocenters. The minimum Gasteiger partial charge on any atom is -0.385 e. The second-order valence-corrected chi connectivity index (χ2v) is 4.60. The molecule has 0 aliphatic rings. The Bertz CT molecular complexity index is 172. The number of rotatable bonds is 7. The summed E-state index contributed by atoms with van der Waals surface area (Å²) in [6, 6.07) is 0. The van der Waals surface area contributed by atoms with E-state index in [-0.39, 0.29) is 11.3 Å². The Morgan fingerprint density at radius 2 is 2.14 bits per heavy atom. The maximum atomic E-state index is 11.2. The van der Waals surface area contributed by atoms with Crippen LogP contribution in [0.4, 0.5) is 0 Å². The number of methoxy groups -OCH3 is 1. The Morgan fingerprint density at radius 1 is 1.50 bits per heavy atom. The number of carbonyl (C=O) groups excluding carboxylic acids is 1. The van der Waals surface area contributed by atoms with E-state index in [2.05, 4.69) is 31.8 Å². The number of nitrogens with one attached hydrogen (secondary N) is 1. The molecule has 84 valence electrons. The molecule has 0 aromatic carbocycles. The SMILES string of the molecule is COCCC(C)(C)CNC(=O)CCS. The highest BCUT2D eigenvalue weighted by molar-refractivity contribution is 7.80. The highest BCUT2D eigenvalue weighted by atomic mass is 32.1. The van der Waals surface area contributed by atoms with E-state index in [1.54, 1.807) is 7.11 Å². The van der Waals surface area contributed by atoms with Gasteiger partial charge in [-0.25, -0.2) is 0 Å². The van der Waals surface area contributed by atoms with Gasteiger partial charge in [-0.1, -0.05) is 13.8 Å². The molecule has 0 heterocycles. The molecule has 0 rings (SSSR count). The lowest BCUT2D eigenvalue weighted by atomic mass is 9.90. The average molecular weight is 219 g/mol. The minimum absolute atomic E-state index is 0.0745. The van der Waals surface area contributed by atoms with Gasteiger partial charge in [0.25, 0.3) is 0 Å². The van der Waals surface area contributed by atoms with Gasteiger partial charge < -0.3 is 10.1 Å². The largest absolute Gasteiger partial charge is 0.385 e. The van der Waals surface area contributed by atoms with Crippen molar-refractivity contribution in [3.05, 3.63) is 0 Å². The number of amides is 1. The number of thiol groups is 1. The van der Waals surface area contributed by atoms with E-state index in [1.165, 1.54) is 0 Å². The van der Waals surface area contributed by atoms with Crippen LogP contribution in [0.2, 0.25) is 0 Å². The summed E-state index contributed by atoms with van der Waals surface area (Å²) in [4.78, 5) is 11.2.